The van der Waals surface area contributed by atoms with Gasteiger partial charge < -0.3 is 20.4 Å². The molecule has 0 aromatic heterocycles. The van der Waals surface area contributed by atoms with Gasteiger partial charge in [-0.3, -0.25) is 4.99 Å². The van der Waals surface area contributed by atoms with E-state index in [1.165, 1.54) is 77.8 Å². The fourth-order valence-electron chi connectivity index (χ4n) is 3.92. The Bertz CT molecular complexity index is 357. The molecule has 1 unspecified atom stereocenters. The van der Waals surface area contributed by atoms with Crippen LogP contribution < -0.4 is 10.6 Å². The maximum Gasteiger partial charge on any atom is 0.191 e. The van der Waals surface area contributed by atoms with Crippen LogP contribution in [0.15, 0.2) is 4.99 Å². The van der Waals surface area contributed by atoms with Crippen LogP contribution in [0.25, 0.3) is 0 Å². The lowest BCUT2D eigenvalue weighted by atomic mass is 10.1. The molecule has 2 rings (SSSR count). The van der Waals surface area contributed by atoms with Gasteiger partial charge in [-0.15, -0.1) is 0 Å². The summed E-state index contributed by atoms with van der Waals surface area (Å²) < 4.78 is 0. The molecule has 2 heterocycles. The molecule has 0 bridgehead atoms. The zero-order valence-corrected chi connectivity index (χ0v) is 16.2. The average molecular weight is 338 g/mol. The fourth-order valence-corrected chi connectivity index (χ4v) is 3.92. The van der Waals surface area contributed by atoms with Crippen molar-refractivity contribution in [1.82, 2.24) is 20.4 Å². The monoisotopic (exact) mass is 337 g/mol. The third-order valence-electron chi connectivity index (χ3n) is 5.33. The van der Waals surface area contributed by atoms with E-state index in [-0.39, 0.29) is 0 Å². The van der Waals surface area contributed by atoms with Crippen LogP contribution in [0.4, 0.5) is 0 Å². The van der Waals surface area contributed by atoms with Crippen LogP contribution in [0.5, 0.6) is 0 Å². The second-order valence-corrected chi connectivity index (χ2v) is 7.68. The number of hydrogen-bond donors (Lipinski definition) is 2. The summed E-state index contributed by atoms with van der Waals surface area (Å²) in [6.45, 7) is 13.1. The number of piperidine rings is 2. The van der Waals surface area contributed by atoms with Crippen LogP contribution in [0, 0.1) is 5.92 Å². The summed E-state index contributed by atoms with van der Waals surface area (Å²) in [7, 11) is 1.89. The number of guanidine groups is 1. The first kappa shape index (κ1) is 19.5. The van der Waals surface area contributed by atoms with E-state index < -0.39 is 0 Å². The number of likely N-dealkylation sites (tertiary alicyclic amines) is 2. The lowest BCUT2D eigenvalue weighted by Gasteiger charge is -2.33. The Morgan fingerprint density at radius 3 is 2.42 bits per heavy atom. The first-order chi connectivity index (χ1) is 11.7. The molecule has 24 heavy (non-hydrogen) atoms. The number of aliphatic imine (C=N–C) groups is 1. The molecular weight excluding hydrogens is 298 g/mol. The summed E-state index contributed by atoms with van der Waals surface area (Å²) in [5.74, 6) is 1.64. The third kappa shape index (κ3) is 6.98. The first-order valence-electron chi connectivity index (χ1n) is 10.1. The second kappa shape index (κ2) is 10.9. The van der Waals surface area contributed by atoms with E-state index in [1.807, 2.05) is 7.05 Å². The Morgan fingerprint density at radius 1 is 1.08 bits per heavy atom. The highest BCUT2D eigenvalue weighted by atomic mass is 15.2. The van der Waals surface area contributed by atoms with Gasteiger partial charge in [0.1, 0.15) is 0 Å². The predicted octanol–water partition coefficient (Wildman–Crippen LogP) is 2.15. The van der Waals surface area contributed by atoms with Gasteiger partial charge in [0.15, 0.2) is 5.96 Å². The summed E-state index contributed by atoms with van der Waals surface area (Å²) in [6.07, 6.45) is 7.88. The maximum atomic E-state index is 4.42. The topological polar surface area (TPSA) is 42.9 Å². The van der Waals surface area contributed by atoms with Gasteiger partial charge in [-0.2, -0.15) is 0 Å². The molecule has 140 valence electrons. The van der Waals surface area contributed by atoms with E-state index in [0.717, 1.165) is 12.5 Å². The average Bonchev–Trinajstić information content (AvgIpc) is 2.61. The van der Waals surface area contributed by atoms with E-state index in [4.69, 9.17) is 0 Å². The van der Waals surface area contributed by atoms with Gasteiger partial charge in [-0.1, -0.05) is 20.3 Å². The SMILES string of the molecule is CCCN1CCC(NC(=NC)NCC(C)CN2CCCCC2)CC1. The van der Waals surface area contributed by atoms with Crippen LogP contribution in [-0.2, 0) is 0 Å². The Kier molecular flexibility index (Phi) is 8.89. The first-order valence-corrected chi connectivity index (χ1v) is 10.1. The third-order valence-corrected chi connectivity index (χ3v) is 5.33. The van der Waals surface area contributed by atoms with Gasteiger partial charge >= 0.3 is 0 Å². The van der Waals surface area contributed by atoms with Gasteiger partial charge in [0.2, 0.25) is 0 Å². The summed E-state index contributed by atoms with van der Waals surface area (Å²) >= 11 is 0. The Balaban J connectivity index is 1.63. The largest absolute Gasteiger partial charge is 0.356 e. The smallest absolute Gasteiger partial charge is 0.191 e. The molecular formula is C19H39N5. The predicted molar refractivity (Wildman–Crippen MR) is 104 cm³/mol. The summed E-state index contributed by atoms with van der Waals surface area (Å²) in [5.41, 5.74) is 0. The number of hydrogen-bond acceptors (Lipinski definition) is 3. The molecule has 2 fully saturated rings. The minimum atomic E-state index is 0.571. The van der Waals surface area contributed by atoms with Crippen LogP contribution in [0.3, 0.4) is 0 Å². The van der Waals surface area contributed by atoms with Crippen LogP contribution in [0.2, 0.25) is 0 Å². The fraction of sp³-hybridized carbons (Fsp3) is 0.947. The van der Waals surface area contributed by atoms with Crippen LogP contribution in [0.1, 0.15) is 52.4 Å². The standard InChI is InChI=1S/C19H39N5/c1-4-10-23-13-8-18(9-14-23)22-19(20-3)21-15-17(2)16-24-11-6-5-7-12-24/h17-18H,4-16H2,1-3H3,(H2,20,21,22). The molecule has 2 N–H and O–H groups in total. The van der Waals surface area contributed by atoms with Crippen molar-refractivity contribution >= 4 is 5.96 Å². The van der Waals surface area contributed by atoms with Crippen molar-refractivity contribution in [2.24, 2.45) is 10.9 Å². The Labute approximate surface area is 149 Å². The van der Waals surface area contributed by atoms with Crippen molar-refractivity contribution in [2.45, 2.75) is 58.4 Å². The Morgan fingerprint density at radius 2 is 1.79 bits per heavy atom. The van der Waals surface area contributed by atoms with Crippen LogP contribution in [-0.4, -0.2) is 74.7 Å². The number of rotatable bonds is 7. The molecule has 0 aliphatic carbocycles. The molecule has 2 saturated heterocycles. The zero-order chi connectivity index (χ0) is 17.2. The highest BCUT2D eigenvalue weighted by Gasteiger charge is 2.19. The molecule has 0 amide bonds. The number of nitrogens with one attached hydrogen (secondary N) is 2. The normalized spacial score (nSPS) is 23.2. The van der Waals surface area contributed by atoms with E-state index >= 15 is 0 Å². The van der Waals surface area contributed by atoms with Gasteiger partial charge in [-0.25, -0.2) is 0 Å². The van der Waals surface area contributed by atoms with Crippen molar-refractivity contribution in [3.63, 3.8) is 0 Å². The second-order valence-electron chi connectivity index (χ2n) is 7.68. The summed E-state index contributed by atoms with van der Waals surface area (Å²) in [5, 5.41) is 7.17. The lowest BCUT2D eigenvalue weighted by Crippen LogP contribution is -2.49. The van der Waals surface area contributed by atoms with Crippen molar-refractivity contribution in [2.75, 3.05) is 52.9 Å². The van der Waals surface area contributed by atoms with E-state index in [9.17, 15) is 0 Å². The van der Waals surface area contributed by atoms with Crippen molar-refractivity contribution in [1.29, 1.82) is 0 Å². The highest BCUT2D eigenvalue weighted by molar-refractivity contribution is 5.79. The molecule has 0 aromatic rings. The van der Waals surface area contributed by atoms with Crippen molar-refractivity contribution in [3.8, 4) is 0 Å². The minimum absolute atomic E-state index is 0.571. The summed E-state index contributed by atoms with van der Waals surface area (Å²) in [6, 6.07) is 0.571. The molecule has 0 radical (unpaired) electrons. The van der Waals surface area contributed by atoms with Gasteiger partial charge in [0, 0.05) is 39.3 Å². The molecule has 0 saturated carbocycles. The minimum Gasteiger partial charge on any atom is -0.356 e. The van der Waals surface area contributed by atoms with Gasteiger partial charge in [0.25, 0.3) is 0 Å². The van der Waals surface area contributed by atoms with Crippen molar-refractivity contribution < 1.29 is 0 Å². The maximum absolute atomic E-state index is 4.42. The highest BCUT2D eigenvalue weighted by Crippen LogP contribution is 2.11. The van der Waals surface area contributed by atoms with Crippen LogP contribution >= 0.6 is 0 Å². The molecule has 0 aromatic carbocycles. The van der Waals surface area contributed by atoms with E-state index in [2.05, 4.69) is 39.3 Å². The Hall–Kier alpha value is -0.810. The quantitative estimate of drug-likeness (QED) is 0.552. The molecule has 5 nitrogen and oxygen atoms in total. The molecule has 2 aliphatic rings. The zero-order valence-electron chi connectivity index (χ0n) is 16.2. The molecule has 2 aliphatic heterocycles. The van der Waals surface area contributed by atoms with E-state index in [1.54, 1.807) is 0 Å². The molecule has 5 heteroatoms. The lowest BCUT2D eigenvalue weighted by molar-refractivity contribution is 0.200. The molecule has 1 atom stereocenters. The number of nitrogens with zero attached hydrogens (tertiary/aromatic N) is 3. The van der Waals surface area contributed by atoms with Crippen molar-refractivity contribution in [3.05, 3.63) is 0 Å². The summed E-state index contributed by atoms with van der Waals surface area (Å²) in [4.78, 5) is 9.62. The van der Waals surface area contributed by atoms with E-state index in [0.29, 0.717) is 12.0 Å². The molecule has 0 spiro atoms. The van der Waals surface area contributed by atoms with Gasteiger partial charge in [0.05, 0.1) is 0 Å². The van der Waals surface area contributed by atoms with Gasteiger partial charge in [-0.05, 0) is 57.7 Å².